The summed E-state index contributed by atoms with van der Waals surface area (Å²) in [5.41, 5.74) is 5.93. The fourth-order valence-corrected chi connectivity index (χ4v) is 1.04. The molecular weight excluding hydrogens is 170 g/mol. The van der Waals surface area contributed by atoms with Crippen LogP contribution in [0.25, 0.3) is 5.65 Å². The number of carbonyl (C=O) groups is 1. The second-order valence-corrected chi connectivity index (χ2v) is 2.63. The second kappa shape index (κ2) is 2.51. The third-order valence-corrected chi connectivity index (χ3v) is 1.70. The quantitative estimate of drug-likeness (QED) is 0.638. The highest BCUT2D eigenvalue weighted by molar-refractivity contribution is 5.93. The van der Waals surface area contributed by atoms with Gasteiger partial charge in [0.1, 0.15) is 0 Å². The lowest BCUT2D eigenvalue weighted by molar-refractivity contribution is 0.1000. The monoisotopic (exact) mass is 177 g/mol. The Labute approximate surface area is 73.4 Å². The summed E-state index contributed by atoms with van der Waals surface area (Å²) in [6, 6.07) is 1.55. The van der Waals surface area contributed by atoms with Crippen molar-refractivity contribution < 1.29 is 4.79 Å². The van der Waals surface area contributed by atoms with E-state index >= 15 is 0 Å². The molecule has 0 aromatic carbocycles. The van der Waals surface area contributed by atoms with E-state index < -0.39 is 5.91 Å². The van der Waals surface area contributed by atoms with E-state index in [0.717, 1.165) is 0 Å². The van der Waals surface area contributed by atoms with Crippen LogP contribution in [0.3, 0.4) is 0 Å². The molecule has 0 spiro atoms. The molecule has 0 radical (unpaired) electrons. The smallest absolute Gasteiger partial charge is 0.250 e. The van der Waals surface area contributed by atoms with E-state index in [2.05, 4.69) is 15.3 Å². The van der Waals surface area contributed by atoms with Gasteiger partial charge in [-0.1, -0.05) is 0 Å². The fourth-order valence-electron chi connectivity index (χ4n) is 1.04. The number of aryl methyl sites for hydroxylation is 1. The van der Waals surface area contributed by atoms with Crippen LogP contribution in [0.2, 0.25) is 0 Å². The highest BCUT2D eigenvalue weighted by Gasteiger charge is 2.05. The average Bonchev–Trinajstić information content (AvgIpc) is 2.47. The third kappa shape index (κ3) is 1.12. The van der Waals surface area contributed by atoms with Gasteiger partial charge < -0.3 is 5.73 Å². The topological polar surface area (TPSA) is 86.2 Å². The Morgan fingerprint density at radius 2 is 2.31 bits per heavy atom. The highest BCUT2D eigenvalue weighted by atomic mass is 16.1. The van der Waals surface area contributed by atoms with E-state index in [-0.39, 0.29) is 0 Å². The van der Waals surface area contributed by atoms with Crippen LogP contribution in [0, 0.1) is 6.92 Å². The van der Waals surface area contributed by atoms with Gasteiger partial charge in [-0.2, -0.15) is 9.61 Å². The van der Waals surface area contributed by atoms with E-state index in [0.29, 0.717) is 17.0 Å². The van der Waals surface area contributed by atoms with Gasteiger partial charge in [-0.15, -0.1) is 10.2 Å². The van der Waals surface area contributed by atoms with Crippen LogP contribution in [0.15, 0.2) is 12.3 Å². The van der Waals surface area contributed by atoms with Crippen LogP contribution in [-0.2, 0) is 0 Å². The molecule has 66 valence electrons. The Morgan fingerprint density at radius 3 is 3.00 bits per heavy atom. The number of primary amides is 1. The molecule has 6 nitrogen and oxygen atoms in total. The standard InChI is InChI=1S/C7H7N5O/c1-4-10-11-6-2-5(7(8)13)3-9-12(4)6/h2-3H,1H3,(H2,8,13). The number of aromatic nitrogens is 4. The van der Waals surface area contributed by atoms with Crippen LogP contribution in [-0.4, -0.2) is 25.7 Å². The number of nitrogens with two attached hydrogens (primary N) is 1. The normalized spacial score (nSPS) is 10.5. The maximum absolute atomic E-state index is 10.8. The molecule has 1 amide bonds. The van der Waals surface area contributed by atoms with Crippen molar-refractivity contribution in [2.24, 2.45) is 5.73 Å². The van der Waals surface area contributed by atoms with E-state index in [1.165, 1.54) is 10.7 Å². The Hall–Kier alpha value is -1.98. The predicted molar refractivity (Wildman–Crippen MR) is 44.0 cm³/mol. The summed E-state index contributed by atoms with van der Waals surface area (Å²) in [6.45, 7) is 1.77. The number of amides is 1. The zero-order valence-corrected chi connectivity index (χ0v) is 6.93. The molecule has 0 aliphatic heterocycles. The van der Waals surface area contributed by atoms with Gasteiger partial charge in [0.15, 0.2) is 11.5 Å². The van der Waals surface area contributed by atoms with Crippen molar-refractivity contribution in [1.82, 2.24) is 19.8 Å². The summed E-state index contributed by atoms with van der Waals surface area (Å²) in [5, 5.41) is 11.6. The van der Waals surface area contributed by atoms with Crippen molar-refractivity contribution in [2.45, 2.75) is 6.92 Å². The van der Waals surface area contributed by atoms with Gasteiger partial charge >= 0.3 is 0 Å². The fraction of sp³-hybridized carbons (Fsp3) is 0.143. The molecule has 0 unspecified atom stereocenters. The van der Waals surface area contributed by atoms with E-state index in [1.807, 2.05) is 0 Å². The predicted octanol–water partition coefficient (Wildman–Crippen LogP) is -0.468. The first-order valence-electron chi connectivity index (χ1n) is 3.66. The van der Waals surface area contributed by atoms with Crippen LogP contribution in [0.5, 0.6) is 0 Å². The molecule has 2 rings (SSSR count). The number of nitrogens with zero attached hydrogens (tertiary/aromatic N) is 4. The summed E-state index contributed by atoms with van der Waals surface area (Å²) >= 11 is 0. The molecule has 0 fully saturated rings. The number of rotatable bonds is 1. The lowest BCUT2D eigenvalue weighted by Gasteiger charge is -1.95. The maximum atomic E-state index is 10.8. The lowest BCUT2D eigenvalue weighted by Crippen LogP contribution is -2.12. The minimum absolute atomic E-state index is 0.333. The Kier molecular flexibility index (Phi) is 1.48. The van der Waals surface area contributed by atoms with E-state index in [1.54, 1.807) is 13.0 Å². The lowest BCUT2D eigenvalue weighted by atomic mass is 10.3. The molecule has 0 saturated heterocycles. The zero-order valence-electron chi connectivity index (χ0n) is 6.93. The third-order valence-electron chi connectivity index (χ3n) is 1.70. The number of hydrogen-bond donors (Lipinski definition) is 1. The van der Waals surface area contributed by atoms with Gasteiger partial charge in [0, 0.05) is 0 Å². The largest absolute Gasteiger partial charge is 0.366 e. The Bertz CT molecular complexity index is 475. The SMILES string of the molecule is Cc1nnc2cc(C(N)=O)cnn12. The molecule has 2 aromatic heterocycles. The van der Waals surface area contributed by atoms with Gasteiger partial charge in [-0.25, -0.2) is 0 Å². The van der Waals surface area contributed by atoms with Crippen LogP contribution in [0.1, 0.15) is 16.2 Å². The molecule has 0 aliphatic rings. The zero-order chi connectivity index (χ0) is 9.42. The van der Waals surface area contributed by atoms with Crippen LogP contribution in [0.4, 0.5) is 0 Å². The molecule has 2 aromatic rings. The summed E-state index contributed by atoms with van der Waals surface area (Å²) in [4.78, 5) is 10.8. The van der Waals surface area contributed by atoms with E-state index in [9.17, 15) is 4.79 Å². The first-order valence-corrected chi connectivity index (χ1v) is 3.66. The van der Waals surface area contributed by atoms with Gasteiger partial charge in [0.2, 0.25) is 5.91 Å². The molecule has 0 atom stereocenters. The van der Waals surface area contributed by atoms with Crippen molar-refractivity contribution in [3.63, 3.8) is 0 Å². The molecule has 2 heterocycles. The summed E-state index contributed by atoms with van der Waals surface area (Å²) < 4.78 is 1.53. The maximum Gasteiger partial charge on any atom is 0.250 e. The first-order chi connectivity index (χ1) is 6.18. The molecule has 2 N–H and O–H groups in total. The first kappa shape index (κ1) is 7.66. The van der Waals surface area contributed by atoms with Crippen molar-refractivity contribution in [3.8, 4) is 0 Å². The Morgan fingerprint density at radius 1 is 1.54 bits per heavy atom. The second-order valence-electron chi connectivity index (χ2n) is 2.63. The van der Waals surface area contributed by atoms with Gasteiger partial charge in [0.05, 0.1) is 11.8 Å². The number of fused-ring (bicyclic) bond motifs is 1. The summed E-state index contributed by atoms with van der Waals surface area (Å²) in [5.74, 6) is 0.154. The van der Waals surface area contributed by atoms with Gasteiger partial charge in [0.25, 0.3) is 0 Å². The number of carbonyl (C=O) groups excluding carboxylic acids is 1. The van der Waals surface area contributed by atoms with Crippen molar-refractivity contribution in [3.05, 3.63) is 23.7 Å². The van der Waals surface area contributed by atoms with E-state index in [4.69, 9.17) is 5.73 Å². The minimum Gasteiger partial charge on any atom is -0.366 e. The van der Waals surface area contributed by atoms with Gasteiger partial charge in [-0.05, 0) is 13.0 Å². The molecule has 0 bridgehead atoms. The van der Waals surface area contributed by atoms with Crippen molar-refractivity contribution >= 4 is 11.6 Å². The molecule has 0 aliphatic carbocycles. The Balaban J connectivity index is 2.70. The average molecular weight is 177 g/mol. The van der Waals surface area contributed by atoms with Crippen molar-refractivity contribution in [2.75, 3.05) is 0 Å². The van der Waals surface area contributed by atoms with Gasteiger partial charge in [-0.3, -0.25) is 4.79 Å². The van der Waals surface area contributed by atoms with Crippen LogP contribution >= 0.6 is 0 Å². The number of hydrogen-bond acceptors (Lipinski definition) is 4. The van der Waals surface area contributed by atoms with Crippen LogP contribution < -0.4 is 5.73 Å². The summed E-state index contributed by atoms with van der Waals surface area (Å²) in [6.07, 6.45) is 1.39. The highest BCUT2D eigenvalue weighted by Crippen LogP contribution is 2.02. The molecule has 13 heavy (non-hydrogen) atoms. The minimum atomic E-state index is -0.518. The summed E-state index contributed by atoms with van der Waals surface area (Å²) in [7, 11) is 0. The molecule has 6 heteroatoms. The van der Waals surface area contributed by atoms with Crippen molar-refractivity contribution in [1.29, 1.82) is 0 Å². The molecule has 0 saturated carbocycles. The molecular formula is C7H7N5O.